The molecular weight excluding hydrogens is 220 g/mol. The Kier molecular flexibility index (Phi) is 8.67. The molecule has 0 aliphatic rings. The van der Waals surface area contributed by atoms with Gasteiger partial charge < -0.3 is 16.4 Å². The Morgan fingerprint density at radius 3 is 2.76 bits per heavy atom. The van der Waals surface area contributed by atoms with Gasteiger partial charge >= 0.3 is 0 Å². The summed E-state index contributed by atoms with van der Waals surface area (Å²) >= 11 is 0. The minimum Gasteiger partial charge on any atom is -0.359 e. The maximum absolute atomic E-state index is 10.5. The van der Waals surface area contributed by atoms with Gasteiger partial charge in [0, 0.05) is 39.8 Å². The van der Waals surface area contributed by atoms with Gasteiger partial charge in [-0.25, -0.2) is 5.43 Å². The van der Waals surface area contributed by atoms with E-state index in [0.717, 1.165) is 25.3 Å². The first-order chi connectivity index (χ1) is 8.10. The van der Waals surface area contributed by atoms with E-state index in [1.165, 1.54) is 13.1 Å². The summed E-state index contributed by atoms with van der Waals surface area (Å²) in [4.78, 5) is 14.5. The van der Waals surface area contributed by atoms with E-state index in [-0.39, 0.29) is 11.9 Å². The monoisotopic (exact) mass is 242 g/mol. The Morgan fingerprint density at radius 1 is 1.53 bits per heavy atom. The van der Waals surface area contributed by atoms with Crippen LogP contribution in [0.1, 0.15) is 19.8 Å². The van der Waals surface area contributed by atoms with Crippen molar-refractivity contribution in [3.63, 3.8) is 0 Å². The van der Waals surface area contributed by atoms with Gasteiger partial charge in [0.05, 0.1) is 0 Å². The summed E-state index contributed by atoms with van der Waals surface area (Å²) in [6.45, 7) is 2.19. The van der Waals surface area contributed by atoms with Crippen molar-refractivity contribution in [1.82, 2.24) is 16.1 Å². The van der Waals surface area contributed by atoms with Crippen LogP contribution in [0.25, 0.3) is 0 Å². The van der Waals surface area contributed by atoms with Crippen LogP contribution in [0, 0.1) is 0 Å². The van der Waals surface area contributed by atoms with Crippen molar-refractivity contribution >= 4 is 18.1 Å². The van der Waals surface area contributed by atoms with E-state index >= 15 is 0 Å². The maximum atomic E-state index is 10.5. The molecule has 5 N–H and O–H groups in total. The Hall–Kier alpha value is -1.63. The van der Waals surface area contributed by atoms with Crippen molar-refractivity contribution in [3.8, 4) is 0 Å². The predicted molar refractivity (Wildman–Crippen MR) is 69.9 cm³/mol. The summed E-state index contributed by atoms with van der Waals surface area (Å²) in [6.07, 6.45) is 3.22. The molecule has 17 heavy (non-hydrogen) atoms. The minimum absolute atomic E-state index is 0.153. The zero-order valence-corrected chi connectivity index (χ0v) is 10.7. The van der Waals surface area contributed by atoms with Crippen LogP contribution >= 0.6 is 0 Å². The molecule has 1 atom stereocenters. The number of nitrogens with one attached hydrogen (secondary N) is 3. The molecule has 0 spiro atoms. The van der Waals surface area contributed by atoms with Crippen molar-refractivity contribution in [2.24, 2.45) is 15.8 Å². The van der Waals surface area contributed by atoms with Crippen LogP contribution in [0.2, 0.25) is 0 Å². The highest BCUT2D eigenvalue weighted by molar-refractivity contribution is 5.79. The third-order valence-electron chi connectivity index (χ3n) is 1.96. The number of nitrogens with two attached hydrogens (primary N) is 1. The first-order valence-electron chi connectivity index (χ1n) is 5.54. The van der Waals surface area contributed by atoms with E-state index in [9.17, 15) is 4.79 Å². The molecule has 0 aliphatic carbocycles. The summed E-state index contributed by atoms with van der Waals surface area (Å²) in [5, 5.41) is 9.75. The number of hydrogen-bond donors (Lipinski definition) is 4. The minimum atomic E-state index is -0.201. The summed E-state index contributed by atoms with van der Waals surface area (Å²) in [7, 11) is 3.52. The summed E-state index contributed by atoms with van der Waals surface area (Å²) < 4.78 is 0. The third kappa shape index (κ3) is 9.31. The molecule has 0 aliphatic heterocycles. The van der Waals surface area contributed by atoms with Gasteiger partial charge in [-0.15, -0.1) is 0 Å². The standard InChI is InChI=1S/C10H22N6O/c1-8(17)16-15-7-9(11)5-4-6-14-10(12-2)13-3/h7,9H,4-6,11H2,1-3H3,(H,16,17)(H2,12,13,14)/b15-7-. The number of hydrazone groups is 1. The van der Waals surface area contributed by atoms with Gasteiger partial charge in [0.2, 0.25) is 5.91 Å². The van der Waals surface area contributed by atoms with Crippen LogP contribution in [0.3, 0.4) is 0 Å². The van der Waals surface area contributed by atoms with Crippen LogP contribution in [0.4, 0.5) is 0 Å². The molecule has 0 bridgehead atoms. The number of amides is 1. The normalized spacial score (nSPS) is 13.5. The zero-order valence-electron chi connectivity index (χ0n) is 10.7. The molecule has 1 amide bonds. The van der Waals surface area contributed by atoms with E-state index in [4.69, 9.17) is 5.73 Å². The van der Waals surface area contributed by atoms with Gasteiger partial charge in [0.25, 0.3) is 0 Å². The molecule has 1 unspecified atom stereocenters. The molecule has 0 heterocycles. The highest BCUT2D eigenvalue weighted by Crippen LogP contribution is 1.90. The lowest BCUT2D eigenvalue weighted by molar-refractivity contribution is -0.118. The van der Waals surface area contributed by atoms with Gasteiger partial charge in [-0.2, -0.15) is 5.10 Å². The fraction of sp³-hybridized carbons (Fsp3) is 0.700. The number of guanidine groups is 1. The van der Waals surface area contributed by atoms with E-state index in [1.54, 1.807) is 14.1 Å². The average molecular weight is 242 g/mol. The predicted octanol–water partition coefficient (Wildman–Crippen LogP) is -0.989. The Balaban J connectivity index is 3.61. The smallest absolute Gasteiger partial charge is 0.236 e. The Labute approximate surface area is 102 Å². The molecule has 7 heteroatoms. The molecule has 0 fully saturated rings. The molecule has 0 rings (SSSR count). The quantitative estimate of drug-likeness (QED) is 0.208. The maximum Gasteiger partial charge on any atom is 0.236 e. The average Bonchev–Trinajstić information content (AvgIpc) is 2.29. The van der Waals surface area contributed by atoms with Crippen LogP contribution < -0.4 is 21.8 Å². The van der Waals surface area contributed by atoms with Crippen molar-refractivity contribution in [1.29, 1.82) is 0 Å². The summed E-state index contributed by atoms with van der Waals surface area (Å²) in [5.74, 6) is 0.554. The van der Waals surface area contributed by atoms with Crippen molar-refractivity contribution in [2.45, 2.75) is 25.8 Å². The zero-order chi connectivity index (χ0) is 13.1. The van der Waals surface area contributed by atoms with E-state index < -0.39 is 0 Å². The number of nitrogens with zero attached hydrogens (tertiary/aromatic N) is 2. The van der Waals surface area contributed by atoms with E-state index in [0.29, 0.717) is 0 Å². The lowest BCUT2D eigenvalue weighted by Crippen LogP contribution is -2.35. The topological polar surface area (TPSA) is 104 Å². The van der Waals surface area contributed by atoms with Gasteiger partial charge in [0.15, 0.2) is 5.96 Å². The molecule has 7 nitrogen and oxygen atoms in total. The lowest BCUT2D eigenvalue weighted by atomic mass is 10.2. The molecule has 0 aromatic carbocycles. The summed E-state index contributed by atoms with van der Waals surface area (Å²) in [6, 6.07) is -0.153. The van der Waals surface area contributed by atoms with Crippen LogP contribution in [0.5, 0.6) is 0 Å². The Bertz CT molecular complexity index is 276. The van der Waals surface area contributed by atoms with Crippen LogP contribution in [0.15, 0.2) is 10.1 Å². The second-order valence-corrected chi connectivity index (χ2v) is 3.50. The molecule has 0 aromatic rings. The van der Waals surface area contributed by atoms with Crippen molar-refractivity contribution < 1.29 is 4.79 Å². The SMILES string of the molecule is CN=C(NC)NCCCC(N)/C=N\NC(C)=O. The fourth-order valence-electron chi connectivity index (χ4n) is 1.12. The molecule has 0 aromatic heterocycles. The number of hydrogen-bond acceptors (Lipinski definition) is 4. The van der Waals surface area contributed by atoms with Gasteiger partial charge in [-0.3, -0.25) is 9.79 Å². The second kappa shape index (κ2) is 9.59. The van der Waals surface area contributed by atoms with Crippen LogP contribution in [-0.2, 0) is 4.79 Å². The molecule has 0 saturated carbocycles. The summed E-state index contributed by atoms with van der Waals surface area (Å²) in [5.41, 5.74) is 8.08. The highest BCUT2D eigenvalue weighted by Gasteiger charge is 1.99. The van der Waals surface area contributed by atoms with Gasteiger partial charge in [0.1, 0.15) is 0 Å². The van der Waals surface area contributed by atoms with Gasteiger partial charge in [-0.05, 0) is 12.8 Å². The largest absolute Gasteiger partial charge is 0.359 e. The molecule has 0 saturated heterocycles. The molecule has 98 valence electrons. The Morgan fingerprint density at radius 2 is 2.24 bits per heavy atom. The van der Waals surface area contributed by atoms with Crippen molar-refractivity contribution in [3.05, 3.63) is 0 Å². The van der Waals surface area contributed by atoms with Gasteiger partial charge in [-0.1, -0.05) is 0 Å². The number of carbonyl (C=O) groups excluding carboxylic acids is 1. The lowest BCUT2D eigenvalue weighted by Gasteiger charge is -2.09. The molecular formula is C10H22N6O. The number of carbonyl (C=O) groups is 1. The first-order valence-corrected chi connectivity index (χ1v) is 5.54. The van der Waals surface area contributed by atoms with E-state index in [2.05, 4.69) is 26.2 Å². The molecule has 0 radical (unpaired) electrons. The number of rotatable bonds is 6. The van der Waals surface area contributed by atoms with Crippen molar-refractivity contribution in [2.75, 3.05) is 20.6 Å². The van der Waals surface area contributed by atoms with Crippen LogP contribution in [-0.4, -0.2) is 44.8 Å². The fourth-order valence-corrected chi connectivity index (χ4v) is 1.12. The highest BCUT2D eigenvalue weighted by atomic mass is 16.2. The second-order valence-electron chi connectivity index (χ2n) is 3.50. The first kappa shape index (κ1) is 15.4. The third-order valence-corrected chi connectivity index (χ3v) is 1.96. The van der Waals surface area contributed by atoms with E-state index in [1.807, 2.05) is 0 Å². The number of aliphatic imine (C=N–C) groups is 1.